The maximum atomic E-state index is 9.39. The summed E-state index contributed by atoms with van der Waals surface area (Å²) in [5.74, 6) is 0. The molecule has 96 valence electrons. The molecule has 18 heavy (non-hydrogen) atoms. The lowest BCUT2D eigenvalue weighted by atomic mass is 9.80. The maximum Gasteiger partial charge on any atom is 0.0714 e. The van der Waals surface area contributed by atoms with Crippen LogP contribution in [-0.2, 0) is 12.8 Å². The average Bonchev–Trinajstić information content (AvgIpc) is 2.75. The Morgan fingerprint density at radius 3 is 2.50 bits per heavy atom. The van der Waals surface area contributed by atoms with Gasteiger partial charge in [-0.15, -0.1) is 0 Å². The second kappa shape index (κ2) is 4.74. The zero-order valence-corrected chi connectivity index (χ0v) is 11.8. The molecular weight excluding hydrogens is 220 g/mol. The van der Waals surface area contributed by atoms with E-state index in [-0.39, 0.29) is 11.5 Å². The fraction of sp³-hybridized carbons (Fsp3) is 0.562. The van der Waals surface area contributed by atoms with Crippen LogP contribution in [0, 0.1) is 16.7 Å². The largest absolute Gasteiger partial charge is 0.301 e. The molecule has 1 aliphatic rings. The monoisotopic (exact) mass is 242 g/mol. The minimum atomic E-state index is -0.379. The van der Waals surface area contributed by atoms with Crippen molar-refractivity contribution in [3.05, 3.63) is 34.9 Å². The average molecular weight is 242 g/mol. The molecule has 0 saturated heterocycles. The first-order valence-corrected chi connectivity index (χ1v) is 6.65. The van der Waals surface area contributed by atoms with Crippen molar-refractivity contribution in [1.82, 2.24) is 4.90 Å². The van der Waals surface area contributed by atoms with E-state index in [0.717, 1.165) is 0 Å². The Balaban J connectivity index is 2.41. The Bertz CT molecular complexity index is 480. The van der Waals surface area contributed by atoms with E-state index < -0.39 is 0 Å². The number of rotatable bonds is 3. The first kappa shape index (κ1) is 13.1. The van der Waals surface area contributed by atoms with Crippen LogP contribution in [-0.4, -0.2) is 19.0 Å². The van der Waals surface area contributed by atoms with E-state index in [0.29, 0.717) is 0 Å². The minimum Gasteiger partial charge on any atom is -0.301 e. The molecule has 0 fully saturated rings. The second-order valence-electron chi connectivity index (χ2n) is 6.08. The highest BCUT2D eigenvalue weighted by Gasteiger charge is 2.33. The number of nitriles is 1. The van der Waals surface area contributed by atoms with E-state index in [2.05, 4.69) is 43.3 Å². The van der Waals surface area contributed by atoms with E-state index in [9.17, 15) is 5.26 Å². The topological polar surface area (TPSA) is 27.0 Å². The highest BCUT2D eigenvalue weighted by atomic mass is 15.1. The van der Waals surface area contributed by atoms with Gasteiger partial charge in [0.2, 0.25) is 0 Å². The van der Waals surface area contributed by atoms with E-state index in [4.69, 9.17) is 0 Å². The molecule has 0 radical (unpaired) electrons. The fourth-order valence-electron chi connectivity index (χ4n) is 3.18. The molecule has 1 aromatic rings. The molecule has 0 aliphatic heterocycles. The molecular formula is C16H22N2. The van der Waals surface area contributed by atoms with Crippen LogP contribution in [0.15, 0.2) is 18.2 Å². The SMILES string of the molecule is CN(C)C(c1ccc2c(c1)CCC2)C(C)(C)C#N. The molecule has 0 spiro atoms. The van der Waals surface area contributed by atoms with Gasteiger partial charge in [-0.2, -0.15) is 5.26 Å². The van der Waals surface area contributed by atoms with Gasteiger partial charge in [0.1, 0.15) is 0 Å². The third kappa shape index (κ3) is 2.28. The number of nitrogens with zero attached hydrogens (tertiary/aromatic N) is 2. The Morgan fingerprint density at radius 2 is 1.89 bits per heavy atom. The summed E-state index contributed by atoms with van der Waals surface area (Å²) in [5.41, 5.74) is 3.86. The van der Waals surface area contributed by atoms with E-state index >= 15 is 0 Å². The molecule has 1 aromatic carbocycles. The zero-order chi connectivity index (χ0) is 13.3. The van der Waals surface area contributed by atoms with Crippen LogP contribution in [0.4, 0.5) is 0 Å². The van der Waals surface area contributed by atoms with Gasteiger partial charge in [-0.25, -0.2) is 0 Å². The van der Waals surface area contributed by atoms with Crippen LogP contribution in [0.1, 0.15) is 43.0 Å². The summed E-state index contributed by atoms with van der Waals surface area (Å²) in [5, 5.41) is 9.39. The van der Waals surface area contributed by atoms with Crippen molar-refractivity contribution in [3.63, 3.8) is 0 Å². The molecule has 0 amide bonds. The molecule has 2 rings (SSSR count). The normalized spacial score (nSPS) is 16.4. The van der Waals surface area contributed by atoms with Gasteiger partial charge in [-0.3, -0.25) is 0 Å². The predicted octanol–water partition coefficient (Wildman–Crippen LogP) is 3.33. The first-order chi connectivity index (χ1) is 8.45. The molecule has 2 heteroatoms. The minimum absolute atomic E-state index is 0.147. The summed E-state index contributed by atoms with van der Waals surface area (Å²) in [6, 6.07) is 9.36. The van der Waals surface area contributed by atoms with Crippen LogP contribution in [0.5, 0.6) is 0 Å². The van der Waals surface area contributed by atoms with Crippen LogP contribution < -0.4 is 0 Å². The fourth-order valence-corrected chi connectivity index (χ4v) is 3.18. The van der Waals surface area contributed by atoms with Crippen molar-refractivity contribution in [2.24, 2.45) is 5.41 Å². The van der Waals surface area contributed by atoms with E-state index in [1.54, 1.807) is 0 Å². The molecule has 0 N–H and O–H groups in total. The first-order valence-electron chi connectivity index (χ1n) is 6.65. The Kier molecular flexibility index (Phi) is 3.45. The zero-order valence-electron chi connectivity index (χ0n) is 11.8. The van der Waals surface area contributed by atoms with Crippen LogP contribution >= 0.6 is 0 Å². The van der Waals surface area contributed by atoms with Gasteiger partial charge in [0, 0.05) is 0 Å². The molecule has 0 bridgehead atoms. The quantitative estimate of drug-likeness (QED) is 0.813. The highest BCUT2D eigenvalue weighted by Crippen LogP contribution is 2.38. The number of aryl methyl sites for hydroxylation is 2. The Labute approximate surface area is 110 Å². The van der Waals surface area contributed by atoms with Gasteiger partial charge >= 0.3 is 0 Å². The van der Waals surface area contributed by atoms with Crippen LogP contribution in [0.3, 0.4) is 0 Å². The van der Waals surface area contributed by atoms with Gasteiger partial charge in [-0.05, 0) is 63.9 Å². The summed E-state index contributed by atoms with van der Waals surface area (Å²) in [4.78, 5) is 2.15. The van der Waals surface area contributed by atoms with Crippen molar-refractivity contribution in [2.45, 2.75) is 39.2 Å². The molecule has 1 unspecified atom stereocenters. The molecule has 1 aliphatic carbocycles. The number of hydrogen-bond acceptors (Lipinski definition) is 2. The number of fused-ring (bicyclic) bond motifs is 1. The van der Waals surface area contributed by atoms with Crippen molar-refractivity contribution in [3.8, 4) is 6.07 Å². The maximum absolute atomic E-state index is 9.39. The summed E-state index contributed by atoms with van der Waals surface area (Å²) in [7, 11) is 4.11. The van der Waals surface area contributed by atoms with Crippen molar-refractivity contribution in [2.75, 3.05) is 14.1 Å². The van der Waals surface area contributed by atoms with Crippen LogP contribution in [0.2, 0.25) is 0 Å². The standard InChI is InChI=1S/C16H22N2/c1-16(2,11-17)15(18(3)4)14-9-8-12-6-5-7-13(12)10-14/h8-10,15H,5-7H2,1-4H3. The Morgan fingerprint density at radius 1 is 1.22 bits per heavy atom. The van der Waals surface area contributed by atoms with Gasteiger partial charge in [0.05, 0.1) is 17.5 Å². The number of hydrogen-bond donors (Lipinski definition) is 0. The van der Waals surface area contributed by atoms with E-state index in [1.165, 1.54) is 36.0 Å². The van der Waals surface area contributed by atoms with Gasteiger partial charge < -0.3 is 4.90 Å². The van der Waals surface area contributed by atoms with Crippen molar-refractivity contribution < 1.29 is 0 Å². The predicted molar refractivity (Wildman–Crippen MR) is 74.3 cm³/mol. The Hall–Kier alpha value is -1.33. The summed E-state index contributed by atoms with van der Waals surface area (Å²) in [6.45, 7) is 4.04. The van der Waals surface area contributed by atoms with Gasteiger partial charge in [0.15, 0.2) is 0 Å². The molecule has 0 saturated carbocycles. The lowest BCUT2D eigenvalue weighted by Crippen LogP contribution is -2.32. The summed E-state index contributed by atoms with van der Waals surface area (Å²) in [6.07, 6.45) is 3.67. The van der Waals surface area contributed by atoms with Crippen molar-refractivity contribution >= 4 is 0 Å². The number of benzene rings is 1. The third-order valence-electron chi connectivity index (χ3n) is 3.93. The lowest BCUT2D eigenvalue weighted by molar-refractivity contribution is 0.185. The lowest BCUT2D eigenvalue weighted by Gasteiger charge is -2.34. The van der Waals surface area contributed by atoms with Gasteiger partial charge in [0.25, 0.3) is 0 Å². The molecule has 0 aromatic heterocycles. The highest BCUT2D eigenvalue weighted by molar-refractivity contribution is 5.37. The van der Waals surface area contributed by atoms with Crippen LogP contribution in [0.25, 0.3) is 0 Å². The second-order valence-corrected chi connectivity index (χ2v) is 6.08. The van der Waals surface area contributed by atoms with Crippen molar-refractivity contribution in [1.29, 1.82) is 5.26 Å². The van der Waals surface area contributed by atoms with Gasteiger partial charge in [-0.1, -0.05) is 18.2 Å². The third-order valence-corrected chi connectivity index (χ3v) is 3.93. The smallest absolute Gasteiger partial charge is 0.0714 e. The molecule has 1 atom stereocenters. The summed E-state index contributed by atoms with van der Waals surface area (Å²) < 4.78 is 0. The summed E-state index contributed by atoms with van der Waals surface area (Å²) >= 11 is 0. The van der Waals surface area contributed by atoms with E-state index in [1.807, 2.05) is 13.8 Å². The molecule has 0 heterocycles. The molecule has 2 nitrogen and oxygen atoms in total.